The van der Waals surface area contributed by atoms with E-state index in [1.54, 1.807) is 17.0 Å². The molecular weight excluding hydrogens is 371 g/mol. The molecule has 0 aromatic heterocycles. The number of aryl methyl sites for hydroxylation is 2. The van der Waals surface area contributed by atoms with E-state index in [0.29, 0.717) is 35.0 Å². The van der Waals surface area contributed by atoms with Crippen molar-refractivity contribution in [3.05, 3.63) is 57.6 Å². The molecule has 0 bridgehead atoms. The van der Waals surface area contributed by atoms with E-state index < -0.39 is 0 Å². The number of rotatable bonds is 5. The molecule has 2 aromatic carbocycles. The van der Waals surface area contributed by atoms with Crippen LogP contribution < -0.4 is 10.2 Å². The molecule has 0 spiro atoms. The lowest BCUT2D eigenvalue weighted by Gasteiger charge is -2.19. The lowest BCUT2D eigenvalue weighted by molar-refractivity contribution is -0.117. The molecule has 0 saturated carbocycles. The fourth-order valence-corrected chi connectivity index (χ4v) is 3.38. The number of carbonyl (C=O) groups excluding carboxylic acids is 2. The minimum atomic E-state index is -0.0846. The van der Waals surface area contributed by atoms with Crippen molar-refractivity contribution in [3.63, 3.8) is 0 Å². The maximum Gasteiger partial charge on any atom is 0.227 e. The average molecular weight is 391 g/mol. The van der Waals surface area contributed by atoms with Crippen molar-refractivity contribution < 1.29 is 9.59 Å². The summed E-state index contributed by atoms with van der Waals surface area (Å²) in [5.74, 6) is 0.0508. The van der Waals surface area contributed by atoms with Crippen molar-refractivity contribution in [2.75, 3.05) is 16.8 Å². The molecule has 4 nitrogen and oxygen atoms in total. The Bertz CT molecular complexity index is 852. The number of nitrogens with zero attached hydrogens (tertiary/aromatic N) is 1. The molecule has 0 unspecified atom stereocenters. The Labute approximate surface area is 163 Å². The van der Waals surface area contributed by atoms with Crippen LogP contribution in [0.5, 0.6) is 0 Å². The zero-order chi connectivity index (χ0) is 18.7. The number of anilines is 2. The van der Waals surface area contributed by atoms with Crippen molar-refractivity contribution in [1.82, 2.24) is 0 Å². The highest BCUT2D eigenvalue weighted by atomic mass is 35.5. The topological polar surface area (TPSA) is 49.4 Å². The summed E-state index contributed by atoms with van der Waals surface area (Å²) in [5, 5.41) is 3.90. The molecule has 2 amide bonds. The smallest absolute Gasteiger partial charge is 0.227 e. The molecule has 1 aliphatic heterocycles. The Kier molecular flexibility index (Phi) is 5.84. The maximum atomic E-state index is 12.3. The van der Waals surface area contributed by atoms with E-state index >= 15 is 0 Å². The van der Waals surface area contributed by atoms with E-state index in [1.165, 1.54) is 0 Å². The van der Waals surface area contributed by atoms with Crippen molar-refractivity contribution in [1.29, 1.82) is 0 Å². The van der Waals surface area contributed by atoms with Gasteiger partial charge in [0.15, 0.2) is 0 Å². The SMILES string of the molecule is Cc1ccc(NC(=O)CCc2ccc(Cl)c(Cl)c2)cc1N1CCCC1=O. The largest absolute Gasteiger partial charge is 0.326 e. The fourth-order valence-electron chi connectivity index (χ4n) is 3.06. The van der Waals surface area contributed by atoms with E-state index in [4.69, 9.17) is 23.2 Å². The normalized spacial score (nSPS) is 14.0. The fraction of sp³-hybridized carbons (Fsp3) is 0.300. The molecule has 1 aliphatic rings. The Morgan fingerprint density at radius 3 is 2.65 bits per heavy atom. The third-order valence-electron chi connectivity index (χ3n) is 4.48. The lowest BCUT2D eigenvalue weighted by Crippen LogP contribution is -2.24. The van der Waals surface area contributed by atoms with E-state index in [9.17, 15) is 9.59 Å². The van der Waals surface area contributed by atoms with Crippen LogP contribution in [-0.2, 0) is 16.0 Å². The summed E-state index contributed by atoms with van der Waals surface area (Å²) in [7, 11) is 0. The van der Waals surface area contributed by atoms with Crippen LogP contribution in [0.25, 0.3) is 0 Å². The monoisotopic (exact) mass is 390 g/mol. The van der Waals surface area contributed by atoms with Gasteiger partial charge in [-0.2, -0.15) is 0 Å². The Hall–Kier alpha value is -2.04. The van der Waals surface area contributed by atoms with Crippen LogP contribution in [0.4, 0.5) is 11.4 Å². The molecule has 136 valence electrons. The van der Waals surface area contributed by atoms with Crippen LogP contribution in [0, 0.1) is 6.92 Å². The first-order chi connectivity index (χ1) is 12.4. The molecule has 1 saturated heterocycles. The number of carbonyl (C=O) groups is 2. The number of amides is 2. The van der Waals surface area contributed by atoms with Gasteiger partial charge >= 0.3 is 0 Å². The second-order valence-corrected chi connectivity index (χ2v) is 7.26. The molecule has 3 rings (SSSR count). The highest BCUT2D eigenvalue weighted by molar-refractivity contribution is 6.42. The number of halogens is 2. The van der Waals surface area contributed by atoms with Gasteiger partial charge in [0.25, 0.3) is 0 Å². The quantitative estimate of drug-likeness (QED) is 0.780. The molecule has 1 fully saturated rings. The molecule has 0 aliphatic carbocycles. The van der Waals surface area contributed by atoms with E-state index in [1.807, 2.05) is 31.2 Å². The third-order valence-corrected chi connectivity index (χ3v) is 5.22. The summed E-state index contributed by atoms with van der Waals surface area (Å²) in [6.07, 6.45) is 2.37. The van der Waals surface area contributed by atoms with Crippen molar-refractivity contribution in [2.24, 2.45) is 0 Å². The third kappa shape index (κ3) is 4.37. The van der Waals surface area contributed by atoms with Crippen LogP contribution in [-0.4, -0.2) is 18.4 Å². The van der Waals surface area contributed by atoms with Gasteiger partial charge in [0.2, 0.25) is 11.8 Å². The van der Waals surface area contributed by atoms with Gasteiger partial charge in [-0.25, -0.2) is 0 Å². The number of hydrogen-bond acceptors (Lipinski definition) is 2. The molecule has 1 heterocycles. The molecule has 6 heteroatoms. The van der Waals surface area contributed by atoms with E-state index in [0.717, 1.165) is 29.8 Å². The van der Waals surface area contributed by atoms with Crippen LogP contribution in [0.3, 0.4) is 0 Å². The molecule has 0 radical (unpaired) electrons. The van der Waals surface area contributed by atoms with Gasteiger partial charge in [-0.05, 0) is 55.2 Å². The van der Waals surface area contributed by atoms with Crippen LogP contribution >= 0.6 is 23.2 Å². The summed E-state index contributed by atoms with van der Waals surface area (Å²) in [6.45, 7) is 2.70. The minimum absolute atomic E-state index is 0.0846. The highest BCUT2D eigenvalue weighted by Crippen LogP contribution is 2.28. The summed E-state index contributed by atoms with van der Waals surface area (Å²) >= 11 is 11.9. The second-order valence-electron chi connectivity index (χ2n) is 6.45. The van der Waals surface area contributed by atoms with Gasteiger partial charge in [0, 0.05) is 30.8 Å². The predicted molar refractivity (Wildman–Crippen MR) is 106 cm³/mol. The molecule has 26 heavy (non-hydrogen) atoms. The average Bonchev–Trinajstić information content (AvgIpc) is 3.03. The van der Waals surface area contributed by atoms with Gasteiger partial charge in [0.05, 0.1) is 10.0 Å². The summed E-state index contributed by atoms with van der Waals surface area (Å²) < 4.78 is 0. The van der Waals surface area contributed by atoms with Crippen LogP contribution in [0.2, 0.25) is 10.0 Å². The lowest BCUT2D eigenvalue weighted by atomic mass is 10.1. The van der Waals surface area contributed by atoms with E-state index in [-0.39, 0.29) is 11.8 Å². The summed E-state index contributed by atoms with van der Waals surface area (Å²) in [5.41, 5.74) is 3.55. The Balaban J connectivity index is 1.63. The van der Waals surface area contributed by atoms with Gasteiger partial charge in [-0.3, -0.25) is 9.59 Å². The minimum Gasteiger partial charge on any atom is -0.326 e. The predicted octanol–water partition coefficient (Wildman–Crippen LogP) is 5.00. The Morgan fingerprint density at radius 2 is 1.96 bits per heavy atom. The zero-order valence-electron chi connectivity index (χ0n) is 14.5. The first kappa shape index (κ1) is 18.7. The van der Waals surface area contributed by atoms with Crippen LogP contribution in [0.15, 0.2) is 36.4 Å². The zero-order valence-corrected chi connectivity index (χ0v) is 16.0. The second kappa shape index (κ2) is 8.11. The van der Waals surface area contributed by atoms with Crippen molar-refractivity contribution in [3.8, 4) is 0 Å². The standard InChI is InChI=1S/C20H20Cl2N2O2/c1-13-4-7-15(12-18(13)24-10-2-3-20(24)26)23-19(25)9-6-14-5-8-16(21)17(22)11-14/h4-5,7-8,11-12H,2-3,6,9-10H2,1H3,(H,23,25). The highest BCUT2D eigenvalue weighted by Gasteiger charge is 2.23. The summed E-state index contributed by atoms with van der Waals surface area (Å²) in [4.78, 5) is 26.1. The molecule has 2 aromatic rings. The Morgan fingerprint density at radius 1 is 1.15 bits per heavy atom. The maximum absolute atomic E-state index is 12.3. The summed E-state index contributed by atoms with van der Waals surface area (Å²) in [6, 6.07) is 11.0. The number of benzene rings is 2. The van der Waals surface area contributed by atoms with Crippen molar-refractivity contribution in [2.45, 2.75) is 32.6 Å². The van der Waals surface area contributed by atoms with Gasteiger partial charge < -0.3 is 10.2 Å². The molecule has 0 atom stereocenters. The molecular formula is C20H20Cl2N2O2. The van der Waals surface area contributed by atoms with E-state index in [2.05, 4.69) is 5.32 Å². The van der Waals surface area contributed by atoms with Gasteiger partial charge in [-0.1, -0.05) is 35.3 Å². The first-order valence-electron chi connectivity index (χ1n) is 8.59. The number of nitrogens with one attached hydrogen (secondary N) is 1. The van der Waals surface area contributed by atoms with Crippen molar-refractivity contribution >= 4 is 46.4 Å². The molecule has 1 N–H and O–H groups in total. The van der Waals surface area contributed by atoms with Gasteiger partial charge in [0.1, 0.15) is 0 Å². The number of hydrogen-bond donors (Lipinski definition) is 1. The van der Waals surface area contributed by atoms with Gasteiger partial charge in [-0.15, -0.1) is 0 Å². The first-order valence-corrected chi connectivity index (χ1v) is 9.34. The van der Waals surface area contributed by atoms with Crippen LogP contribution in [0.1, 0.15) is 30.4 Å².